The molecule has 1 aromatic rings. The van der Waals surface area contributed by atoms with E-state index in [4.69, 9.17) is 5.26 Å². The molecule has 0 saturated heterocycles. The van der Waals surface area contributed by atoms with Gasteiger partial charge in [-0.05, 0) is 25.0 Å². The number of benzene rings is 1. The molecule has 0 radical (unpaired) electrons. The summed E-state index contributed by atoms with van der Waals surface area (Å²) in [5, 5.41) is 8.29. The first-order chi connectivity index (χ1) is 6.36. The molecule has 1 aromatic carbocycles. The number of hydrogen-bond acceptors (Lipinski definition) is 2. The van der Waals surface area contributed by atoms with Crippen molar-refractivity contribution in [2.45, 2.75) is 12.8 Å². The van der Waals surface area contributed by atoms with Crippen molar-refractivity contribution < 1.29 is 4.79 Å². The lowest BCUT2D eigenvalue weighted by Gasteiger charge is -1.80. The molecule has 1 saturated carbocycles. The third kappa shape index (κ3) is 4.07. The predicted molar refractivity (Wildman–Crippen MR) is 49.9 cm³/mol. The highest BCUT2D eigenvalue weighted by Crippen LogP contribution is 2.25. The number of rotatable bonds is 1. The summed E-state index contributed by atoms with van der Waals surface area (Å²) in [6.45, 7) is 0. The standard InChI is InChI=1S/C7H5N.C4H6O/c8-6-7-4-2-1-3-5-7;5-3-4-1-2-4/h1-5H;3-4H,1-2H2. The molecule has 1 aliphatic carbocycles. The van der Waals surface area contributed by atoms with Crippen LogP contribution in [0.5, 0.6) is 0 Å². The third-order valence-corrected chi connectivity index (χ3v) is 1.72. The Bertz CT molecular complexity index is 296. The second kappa shape index (κ2) is 5.10. The van der Waals surface area contributed by atoms with Crippen LogP contribution in [0.4, 0.5) is 0 Å². The van der Waals surface area contributed by atoms with Crippen molar-refractivity contribution in [3.05, 3.63) is 35.9 Å². The molecule has 2 nitrogen and oxygen atoms in total. The molecular weight excluding hydrogens is 162 g/mol. The molecule has 0 unspecified atom stereocenters. The zero-order chi connectivity index (χ0) is 9.52. The minimum absolute atomic E-state index is 0.454. The van der Waals surface area contributed by atoms with Crippen molar-refractivity contribution in [3.8, 4) is 6.07 Å². The predicted octanol–water partition coefficient (Wildman–Crippen LogP) is 2.15. The minimum atomic E-state index is 0.454. The fourth-order valence-electron chi connectivity index (χ4n) is 0.745. The van der Waals surface area contributed by atoms with Crippen LogP contribution in [0.25, 0.3) is 0 Å². The van der Waals surface area contributed by atoms with Gasteiger partial charge in [0.25, 0.3) is 0 Å². The van der Waals surface area contributed by atoms with Crippen LogP contribution in [0.2, 0.25) is 0 Å². The third-order valence-electron chi connectivity index (χ3n) is 1.72. The Morgan fingerprint density at radius 3 is 2.15 bits per heavy atom. The lowest BCUT2D eigenvalue weighted by Crippen LogP contribution is -1.66. The molecule has 0 heterocycles. The van der Waals surface area contributed by atoms with Gasteiger partial charge in [-0.3, -0.25) is 0 Å². The van der Waals surface area contributed by atoms with Gasteiger partial charge in [0.1, 0.15) is 6.29 Å². The van der Waals surface area contributed by atoms with Crippen LogP contribution < -0.4 is 0 Å². The van der Waals surface area contributed by atoms with E-state index in [2.05, 4.69) is 0 Å². The van der Waals surface area contributed by atoms with E-state index in [1.54, 1.807) is 12.1 Å². The van der Waals surface area contributed by atoms with Gasteiger partial charge in [0.15, 0.2) is 0 Å². The molecule has 13 heavy (non-hydrogen) atoms. The van der Waals surface area contributed by atoms with E-state index in [9.17, 15) is 4.79 Å². The van der Waals surface area contributed by atoms with Gasteiger partial charge in [0.2, 0.25) is 0 Å². The summed E-state index contributed by atoms with van der Waals surface area (Å²) in [4.78, 5) is 9.57. The second-order valence-electron chi connectivity index (χ2n) is 2.95. The van der Waals surface area contributed by atoms with Crippen LogP contribution in [0.15, 0.2) is 30.3 Å². The Labute approximate surface area is 77.8 Å². The monoisotopic (exact) mass is 173 g/mol. The van der Waals surface area contributed by atoms with Crippen molar-refractivity contribution >= 4 is 6.29 Å². The molecular formula is C11H11NO. The van der Waals surface area contributed by atoms with E-state index in [1.165, 1.54) is 0 Å². The molecule has 66 valence electrons. The van der Waals surface area contributed by atoms with Gasteiger partial charge in [-0.25, -0.2) is 0 Å². The Hall–Kier alpha value is -1.62. The highest BCUT2D eigenvalue weighted by atomic mass is 16.1. The minimum Gasteiger partial charge on any atom is -0.303 e. The number of hydrogen-bond donors (Lipinski definition) is 0. The van der Waals surface area contributed by atoms with E-state index < -0.39 is 0 Å². The number of nitriles is 1. The smallest absolute Gasteiger partial charge is 0.123 e. The van der Waals surface area contributed by atoms with Gasteiger partial charge in [0, 0.05) is 5.92 Å². The van der Waals surface area contributed by atoms with E-state index >= 15 is 0 Å². The van der Waals surface area contributed by atoms with Crippen LogP contribution in [-0.2, 0) is 4.79 Å². The van der Waals surface area contributed by atoms with E-state index in [0.29, 0.717) is 11.5 Å². The molecule has 0 bridgehead atoms. The maximum Gasteiger partial charge on any atom is 0.123 e. The number of nitrogens with zero attached hydrogens (tertiary/aromatic N) is 1. The SMILES string of the molecule is N#Cc1ccccc1.O=CC1CC1. The van der Waals surface area contributed by atoms with Crippen molar-refractivity contribution in [1.82, 2.24) is 0 Å². The molecule has 0 amide bonds. The zero-order valence-electron chi connectivity index (χ0n) is 7.31. The summed E-state index contributed by atoms with van der Waals surface area (Å²) >= 11 is 0. The van der Waals surface area contributed by atoms with Crippen LogP contribution in [0.3, 0.4) is 0 Å². The summed E-state index contributed by atoms with van der Waals surface area (Å²) in [5.41, 5.74) is 0.715. The van der Waals surface area contributed by atoms with E-state index in [1.807, 2.05) is 24.3 Å². The first-order valence-electron chi connectivity index (χ1n) is 4.27. The topological polar surface area (TPSA) is 40.9 Å². The lowest BCUT2D eigenvalue weighted by atomic mass is 10.2. The van der Waals surface area contributed by atoms with Crippen molar-refractivity contribution in [2.24, 2.45) is 5.92 Å². The molecule has 0 N–H and O–H groups in total. The van der Waals surface area contributed by atoms with Crippen LogP contribution >= 0.6 is 0 Å². The van der Waals surface area contributed by atoms with Crippen LogP contribution in [-0.4, -0.2) is 6.29 Å². The summed E-state index contributed by atoms with van der Waals surface area (Å²) in [6.07, 6.45) is 3.31. The molecule has 0 aromatic heterocycles. The fraction of sp³-hybridized carbons (Fsp3) is 0.273. The average molecular weight is 173 g/mol. The maximum atomic E-state index is 9.57. The first-order valence-corrected chi connectivity index (χ1v) is 4.27. The maximum absolute atomic E-state index is 9.57. The summed E-state index contributed by atoms with van der Waals surface area (Å²) < 4.78 is 0. The molecule has 0 spiro atoms. The Morgan fingerprint density at radius 1 is 1.31 bits per heavy atom. The van der Waals surface area contributed by atoms with Gasteiger partial charge in [0.05, 0.1) is 11.6 Å². The van der Waals surface area contributed by atoms with Crippen molar-refractivity contribution in [3.63, 3.8) is 0 Å². The van der Waals surface area contributed by atoms with Gasteiger partial charge in [-0.1, -0.05) is 18.2 Å². The first kappa shape index (κ1) is 9.47. The molecule has 2 rings (SSSR count). The Kier molecular flexibility index (Phi) is 3.72. The second-order valence-corrected chi connectivity index (χ2v) is 2.95. The van der Waals surface area contributed by atoms with E-state index in [0.717, 1.165) is 19.1 Å². The van der Waals surface area contributed by atoms with E-state index in [-0.39, 0.29) is 0 Å². The fourth-order valence-corrected chi connectivity index (χ4v) is 0.745. The van der Waals surface area contributed by atoms with Gasteiger partial charge in [-0.2, -0.15) is 5.26 Å². The van der Waals surface area contributed by atoms with Gasteiger partial charge >= 0.3 is 0 Å². The molecule has 0 aliphatic heterocycles. The lowest BCUT2D eigenvalue weighted by molar-refractivity contribution is -0.108. The Balaban J connectivity index is 0.000000145. The number of carbonyl (C=O) groups excluding carboxylic acids is 1. The molecule has 1 fully saturated rings. The summed E-state index contributed by atoms with van der Waals surface area (Å²) in [7, 11) is 0. The number of aldehydes is 1. The normalized spacial score (nSPS) is 13.5. The largest absolute Gasteiger partial charge is 0.303 e. The highest BCUT2D eigenvalue weighted by molar-refractivity contribution is 5.56. The summed E-state index contributed by atoms with van der Waals surface area (Å²) in [6, 6.07) is 11.2. The van der Waals surface area contributed by atoms with Gasteiger partial charge < -0.3 is 4.79 Å². The van der Waals surface area contributed by atoms with Crippen molar-refractivity contribution in [1.29, 1.82) is 5.26 Å². The van der Waals surface area contributed by atoms with Crippen LogP contribution in [0.1, 0.15) is 18.4 Å². The van der Waals surface area contributed by atoms with Crippen molar-refractivity contribution in [2.75, 3.05) is 0 Å². The van der Waals surface area contributed by atoms with Gasteiger partial charge in [-0.15, -0.1) is 0 Å². The average Bonchev–Trinajstić information content (AvgIpc) is 3.03. The molecule has 0 atom stereocenters. The zero-order valence-corrected chi connectivity index (χ0v) is 7.31. The van der Waals surface area contributed by atoms with Crippen LogP contribution in [0, 0.1) is 17.2 Å². The summed E-state index contributed by atoms with van der Waals surface area (Å²) in [5.74, 6) is 0.454. The molecule has 1 aliphatic rings. The number of carbonyl (C=O) groups is 1. The quantitative estimate of drug-likeness (QED) is 0.610. The molecule has 2 heteroatoms. The Morgan fingerprint density at radius 2 is 1.92 bits per heavy atom. The highest BCUT2D eigenvalue weighted by Gasteiger charge is 2.18.